The number of ether oxygens (including phenoxy) is 2. The largest absolute Gasteiger partial charge is 0.490 e. The Morgan fingerprint density at radius 1 is 0.966 bits per heavy atom. The van der Waals surface area contributed by atoms with Gasteiger partial charge in [0.2, 0.25) is 0 Å². The molecule has 3 aromatic rings. The number of nitrogens with one attached hydrogen (secondary N) is 1. The first kappa shape index (κ1) is 20.0. The van der Waals surface area contributed by atoms with E-state index in [0.717, 1.165) is 43.2 Å². The summed E-state index contributed by atoms with van der Waals surface area (Å²) in [6.07, 6.45) is 0. The lowest BCUT2D eigenvalue weighted by atomic mass is 10.0. The summed E-state index contributed by atoms with van der Waals surface area (Å²) in [5, 5.41) is 5.61. The molecule has 1 aromatic heterocycles. The number of rotatable bonds is 8. The molecule has 152 valence electrons. The molecule has 0 bridgehead atoms. The molecule has 1 atom stereocenters. The fourth-order valence-corrected chi connectivity index (χ4v) is 4.65. The fourth-order valence-electron chi connectivity index (χ4n) is 3.76. The summed E-state index contributed by atoms with van der Waals surface area (Å²) in [6, 6.07) is 21.3. The van der Waals surface area contributed by atoms with Crippen LogP contribution in [-0.4, -0.2) is 37.7 Å². The zero-order valence-corrected chi connectivity index (χ0v) is 17.7. The Labute approximate surface area is 177 Å². The van der Waals surface area contributed by atoms with Crippen LogP contribution < -0.4 is 14.8 Å². The molecule has 0 saturated carbocycles. The molecule has 5 heteroatoms. The van der Waals surface area contributed by atoms with E-state index >= 15 is 0 Å². The van der Waals surface area contributed by atoms with E-state index in [1.807, 2.05) is 36.5 Å². The molecule has 0 amide bonds. The van der Waals surface area contributed by atoms with Gasteiger partial charge in [-0.1, -0.05) is 42.5 Å². The average Bonchev–Trinajstić information content (AvgIpc) is 3.29. The molecule has 4 nitrogen and oxygen atoms in total. The van der Waals surface area contributed by atoms with Crippen molar-refractivity contribution in [3.05, 3.63) is 82.0 Å². The van der Waals surface area contributed by atoms with Gasteiger partial charge in [-0.2, -0.15) is 0 Å². The number of benzene rings is 2. The van der Waals surface area contributed by atoms with Crippen LogP contribution in [0.15, 0.2) is 66.0 Å². The highest BCUT2D eigenvalue weighted by Crippen LogP contribution is 2.37. The second-order valence-corrected chi connectivity index (χ2v) is 8.10. The maximum Gasteiger partial charge on any atom is 0.161 e. The topological polar surface area (TPSA) is 33.7 Å². The normalized spacial score (nSPS) is 15.8. The first-order valence-electron chi connectivity index (χ1n) is 10.3. The summed E-state index contributed by atoms with van der Waals surface area (Å²) in [7, 11) is 0. The van der Waals surface area contributed by atoms with Gasteiger partial charge in [0.25, 0.3) is 0 Å². The molecule has 1 fully saturated rings. The lowest BCUT2D eigenvalue weighted by molar-refractivity contribution is 0.200. The molecule has 0 radical (unpaired) electrons. The minimum atomic E-state index is 0.250. The van der Waals surface area contributed by atoms with E-state index in [1.54, 1.807) is 0 Å². The summed E-state index contributed by atoms with van der Waals surface area (Å²) >= 11 is 1.82. The minimum Gasteiger partial charge on any atom is -0.490 e. The summed E-state index contributed by atoms with van der Waals surface area (Å²) in [5.41, 5.74) is 2.40. The van der Waals surface area contributed by atoms with Gasteiger partial charge in [0.05, 0.1) is 12.6 Å². The number of hydrogen-bond donors (Lipinski definition) is 1. The molecular formula is C24H28N2O2S. The first-order chi connectivity index (χ1) is 14.3. The van der Waals surface area contributed by atoms with Crippen molar-refractivity contribution in [1.29, 1.82) is 0 Å². The third-order valence-corrected chi connectivity index (χ3v) is 6.07. The van der Waals surface area contributed by atoms with Crippen LogP contribution in [0, 0.1) is 0 Å². The Kier molecular flexibility index (Phi) is 6.83. The smallest absolute Gasteiger partial charge is 0.161 e. The van der Waals surface area contributed by atoms with Gasteiger partial charge in [0.15, 0.2) is 11.5 Å². The molecule has 1 aliphatic heterocycles. The van der Waals surface area contributed by atoms with Crippen molar-refractivity contribution in [3.8, 4) is 11.5 Å². The average molecular weight is 409 g/mol. The van der Waals surface area contributed by atoms with E-state index in [9.17, 15) is 0 Å². The van der Waals surface area contributed by atoms with Gasteiger partial charge >= 0.3 is 0 Å². The van der Waals surface area contributed by atoms with Crippen molar-refractivity contribution in [3.63, 3.8) is 0 Å². The van der Waals surface area contributed by atoms with E-state index < -0.39 is 0 Å². The van der Waals surface area contributed by atoms with Crippen molar-refractivity contribution in [1.82, 2.24) is 10.2 Å². The van der Waals surface area contributed by atoms with Crippen molar-refractivity contribution in [2.75, 3.05) is 32.8 Å². The van der Waals surface area contributed by atoms with Crippen molar-refractivity contribution >= 4 is 11.3 Å². The molecule has 0 spiro atoms. The standard InChI is InChI=1S/C24H28N2O2S/c1-2-27-22-17-20(10-11-21(22)28-18-19-7-4-3-5-8-19)24(23-9-6-16-29-23)26-14-12-25-13-15-26/h3-11,16-17,24-25H,2,12-15,18H2,1H3. The third-order valence-electron chi connectivity index (χ3n) is 5.15. The summed E-state index contributed by atoms with van der Waals surface area (Å²) in [6.45, 7) is 7.30. The Morgan fingerprint density at radius 2 is 1.79 bits per heavy atom. The van der Waals surface area contributed by atoms with E-state index in [0.29, 0.717) is 13.2 Å². The molecular weight excluding hydrogens is 380 g/mol. The highest BCUT2D eigenvalue weighted by molar-refractivity contribution is 7.10. The SMILES string of the molecule is CCOc1cc(C(c2cccs2)N2CCNCC2)ccc1OCc1ccccc1. The number of thiophene rings is 1. The van der Waals surface area contributed by atoms with Crippen LogP contribution in [0.25, 0.3) is 0 Å². The summed E-state index contributed by atoms with van der Waals surface area (Å²) in [4.78, 5) is 3.92. The number of hydrogen-bond acceptors (Lipinski definition) is 5. The Morgan fingerprint density at radius 3 is 2.52 bits per heavy atom. The molecule has 1 saturated heterocycles. The van der Waals surface area contributed by atoms with Gasteiger partial charge in [0.1, 0.15) is 6.61 Å². The second-order valence-electron chi connectivity index (χ2n) is 7.12. The molecule has 2 aromatic carbocycles. The predicted octanol–water partition coefficient (Wildman–Crippen LogP) is 4.72. The molecule has 4 rings (SSSR count). The zero-order valence-electron chi connectivity index (χ0n) is 16.8. The highest BCUT2D eigenvalue weighted by Gasteiger charge is 2.25. The van der Waals surface area contributed by atoms with Gasteiger partial charge in [0, 0.05) is 31.1 Å². The Balaban J connectivity index is 1.60. The third kappa shape index (κ3) is 4.99. The highest BCUT2D eigenvalue weighted by atomic mass is 32.1. The first-order valence-corrected chi connectivity index (χ1v) is 11.1. The molecule has 0 aliphatic carbocycles. The van der Waals surface area contributed by atoms with E-state index in [2.05, 4.69) is 58.1 Å². The molecule has 1 unspecified atom stereocenters. The van der Waals surface area contributed by atoms with E-state index in [-0.39, 0.29) is 6.04 Å². The molecule has 2 heterocycles. The Bertz CT molecular complexity index is 877. The van der Waals surface area contributed by atoms with Crippen molar-refractivity contribution in [2.24, 2.45) is 0 Å². The van der Waals surface area contributed by atoms with Crippen LogP contribution >= 0.6 is 11.3 Å². The van der Waals surface area contributed by atoms with Crippen LogP contribution in [0.3, 0.4) is 0 Å². The fraction of sp³-hybridized carbons (Fsp3) is 0.333. The van der Waals surface area contributed by atoms with Crippen LogP contribution in [-0.2, 0) is 6.61 Å². The number of piperazine rings is 1. The number of nitrogens with zero attached hydrogens (tertiary/aromatic N) is 1. The van der Waals surface area contributed by atoms with Crippen LogP contribution in [0.4, 0.5) is 0 Å². The molecule has 1 aliphatic rings. The van der Waals surface area contributed by atoms with Gasteiger partial charge < -0.3 is 14.8 Å². The summed E-state index contributed by atoms with van der Waals surface area (Å²) < 4.78 is 12.1. The lowest BCUT2D eigenvalue weighted by Gasteiger charge is -2.35. The van der Waals surface area contributed by atoms with Gasteiger partial charge in [-0.15, -0.1) is 11.3 Å². The predicted molar refractivity (Wildman–Crippen MR) is 119 cm³/mol. The van der Waals surface area contributed by atoms with Crippen LogP contribution in [0.1, 0.15) is 29.0 Å². The molecule has 29 heavy (non-hydrogen) atoms. The monoisotopic (exact) mass is 408 g/mol. The van der Waals surface area contributed by atoms with Crippen LogP contribution in [0.5, 0.6) is 11.5 Å². The van der Waals surface area contributed by atoms with Crippen molar-refractivity contribution < 1.29 is 9.47 Å². The quantitative estimate of drug-likeness (QED) is 0.585. The van der Waals surface area contributed by atoms with E-state index in [1.165, 1.54) is 10.4 Å². The lowest BCUT2D eigenvalue weighted by Crippen LogP contribution is -2.45. The second kappa shape index (κ2) is 9.92. The van der Waals surface area contributed by atoms with Crippen LogP contribution in [0.2, 0.25) is 0 Å². The maximum absolute atomic E-state index is 6.10. The van der Waals surface area contributed by atoms with Gasteiger partial charge in [-0.05, 0) is 41.6 Å². The Hall–Kier alpha value is -2.34. The van der Waals surface area contributed by atoms with E-state index in [4.69, 9.17) is 9.47 Å². The van der Waals surface area contributed by atoms with Gasteiger partial charge in [-0.25, -0.2) is 0 Å². The minimum absolute atomic E-state index is 0.250. The zero-order chi connectivity index (χ0) is 19.9. The maximum atomic E-state index is 6.10. The van der Waals surface area contributed by atoms with Gasteiger partial charge in [-0.3, -0.25) is 4.90 Å². The summed E-state index contributed by atoms with van der Waals surface area (Å²) in [5.74, 6) is 1.61. The molecule has 1 N–H and O–H groups in total. The van der Waals surface area contributed by atoms with Crippen molar-refractivity contribution in [2.45, 2.75) is 19.6 Å².